The zero-order valence-corrected chi connectivity index (χ0v) is 20.2. The number of carboxylic acids is 1. The van der Waals surface area contributed by atoms with Crippen LogP contribution >= 0.6 is 8.25 Å². The zero-order chi connectivity index (χ0) is 15.6. The maximum Gasteiger partial charge on any atom is 0.697 e. The van der Waals surface area contributed by atoms with Crippen molar-refractivity contribution in [1.82, 2.24) is 0 Å². The minimum absolute atomic E-state index is 0. The summed E-state index contributed by atoms with van der Waals surface area (Å²) in [6.45, 7) is 6.43. The number of carbonyl (C=O) groups excluding carboxylic acids is 1. The van der Waals surface area contributed by atoms with Crippen LogP contribution in [-0.4, -0.2) is 19.2 Å². The van der Waals surface area contributed by atoms with Crippen molar-refractivity contribution in [3.63, 3.8) is 0 Å². The molecule has 0 aromatic rings. The molecule has 0 aromatic heterocycles. The number of hydrogen-bond donors (Lipinski definition) is 0. The Hall–Kier alpha value is 0.425. The van der Waals surface area contributed by atoms with E-state index in [-0.39, 0.29) is 27.7 Å². The summed E-state index contributed by atoms with van der Waals surface area (Å²) in [5.74, 6) is -1.08. The molecule has 0 radical (unpaired) electrons. The maximum absolute atomic E-state index is 11.2. The van der Waals surface area contributed by atoms with Gasteiger partial charge in [-0.15, -0.1) is 9.05 Å². The first-order chi connectivity index (χ1) is 9.54. The summed E-state index contributed by atoms with van der Waals surface area (Å²) in [6, 6.07) is 0. The van der Waals surface area contributed by atoms with Gasteiger partial charge in [0.25, 0.3) is 0 Å². The van der Waals surface area contributed by atoms with Gasteiger partial charge in [0.2, 0.25) is 0 Å². The first kappa shape index (κ1) is 26.3. The third kappa shape index (κ3) is 33.3. The van der Waals surface area contributed by atoms with Crippen LogP contribution < -0.4 is 5.11 Å². The van der Waals surface area contributed by atoms with E-state index >= 15 is 0 Å². The Balaban J connectivity index is -0.000000572. The summed E-state index contributed by atoms with van der Waals surface area (Å²) in [5, 5.41) is 8.89. The number of carbonyl (C=O) groups is 1. The summed E-state index contributed by atoms with van der Waals surface area (Å²) in [5.41, 5.74) is 0. The van der Waals surface area contributed by atoms with Gasteiger partial charge in [-0.05, 0) is 19.8 Å². The molecule has 0 saturated carbocycles. The fourth-order valence-electron chi connectivity index (χ4n) is 1.37. The quantitative estimate of drug-likeness (QED) is 0.229. The van der Waals surface area contributed by atoms with Crippen LogP contribution in [0.2, 0.25) is 0 Å². The van der Waals surface area contributed by atoms with Crippen molar-refractivity contribution >= 4 is 14.2 Å². The molecule has 5 nitrogen and oxygen atoms in total. The van der Waals surface area contributed by atoms with Crippen LogP contribution in [0.1, 0.15) is 72.1 Å². The third-order valence-electron chi connectivity index (χ3n) is 2.39. The van der Waals surface area contributed by atoms with Crippen molar-refractivity contribution in [2.24, 2.45) is 0 Å². The van der Waals surface area contributed by atoms with E-state index in [2.05, 4.69) is 13.8 Å². The van der Waals surface area contributed by atoms with Gasteiger partial charge in [-0.1, -0.05) is 52.4 Å². The predicted octanol–water partition coefficient (Wildman–Crippen LogP) is 3.59. The van der Waals surface area contributed by atoms with Crippen LogP contribution in [0.15, 0.2) is 0 Å². The standard InChI is InChI=1S/C12H26O3P.C2H4O2.Hg/c1-3-5-7-9-11-14-16(13)15-12-10-8-6-4-2;1-2(3)4;/h3-12H2,1-2H3;1H3,(H,3,4);/q+1;;/p-1. The third-order valence-corrected chi connectivity index (χ3v) is 3.18. The normalized spacial score (nSPS) is 9.29. The van der Waals surface area contributed by atoms with E-state index in [1.165, 1.54) is 25.7 Å². The molecule has 0 fully saturated rings. The Morgan fingerprint density at radius 2 is 1.24 bits per heavy atom. The molecular formula is C14H29HgO5P. The number of carboxylic acid groups (broad SMARTS) is 1. The predicted molar refractivity (Wildman–Crippen MR) is 78.5 cm³/mol. The van der Waals surface area contributed by atoms with Crippen molar-refractivity contribution in [2.45, 2.75) is 72.1 Å². The van der Waals surface area contributed by atoms with Crippen molar-refractivity contribution in [3.8, 4) is 0 Å². The van der Waals surface area contributed by atoms with E-state index in [0.29, 0.717) is 13.2 Å². The Labute approximate surface area is 150 Å². The molecule has 7 heteroatoms. The smallest absolute Gasteiger partial charge is 0.550 e. The van der Waals surface area contributed by atoms with Gasteiger partial charge < -0.3 is 9.90 Å². The van der Waals surface area contributed by atoms with Gasteiger partial charge in [0.15, 0.2) is 0 Å². The molecule has 0 aliphatic carbocycles. The van der Waals surface area contributed by atoms with Crippen LogP contribution in [0.4, 0.5) is 0 Å². The van der Waals surface area contributed by atoms with Crippen molar-refractivity contribution in [1.29, 1.82) is 0 Å². The minimum Gasteiger partial charge on any atom is -0.550 e. The summed E-state index contributed by atoms with van der Waals surface area (Å²) in [4.78, 5) is 8.89. The summed E-state index contributed by atoms with van der Waals surface area (Å²) < 4.78 is 21.4. The Morgan fingerprint density at radius 3 is 1.52 bits per heavy atom. The maximum atomic E-state index is 11.2. The van der Waals surface area contributed by atoms with Crippen molar-refractivity contribution < 1.29 is 51.2 Å². The first-order valence-corrected chi connectivity index (χ1v) is 8.54. The molecule has 0 spiro atoms. The average molecular weight is 509 g/mol. The molecule has 0 aromatic carbocycles. The van der Waals surface area contributed by atoms with Crippen LogP contribution in [0.5, 0.6) is 0 Å². The largest absolute Gasteiger partial charge is 0.697 e. The van der Waals surface area contributed by atoms with E-state index in [9.17, 15) is 4.57 Å². The number of hydrogen-bond acceptors (Lipinski definition) is 5. The van der Waals surface area contributed by atoms with Gasteiger partial charge in [0.05, 0.1) is 0 Å². The second kappa shape index (κ2) is 22.7. The Bertz CT molecular complexity index is 219. The van der Waals surface area contributed by atoms with Gasteiger partial charge in [0.1, 0.15) is 13.2 Å². The molecule has 0 heterocycles. The van der Waals surface area contributed by atoms with Crippen LogP contribution in [0.25, 0.3) is 0 Å². The van der Waals surface area contributed by atoms with E-state index in [4.69, 9.17) is 18.9 Å². The van der Waals surface area contributed by atoms with E-state index in [0.717, 1.165) is 32.6 Å². The van der Waals surface area contributed by atoms with Crippen LogP contribution in [0, 0.1) is 0 Å². The van der Waals surface area contributed by atoms with Gasteiger partial charge >= 0.3 is 8.25 Å². The summed E-state index contributed by atoms with van der Waals surface area (Å²) >= 11 is 0. The molecule has 21 heavy (non-hydrogen) atoms. The van der Waals surface area contributed by atoms with Gasteiger partial charge in [-0.2, -0.15) is 0 Å². The summed E-state index contributed by atoms with van der Waals surface area (Å²) in [7, 11) is -1.87. The van der Waals surface area contributed by atoms with E-state index in [1.807, 2.05) is 0 Å². The fraction of sp³-hybridized carbons (Fsp3) is 0.929. The van der Waals surface area contributed by atoms with Gasteiger partial charge in [0, 0.05) is 38.2 Å². The molecule has 122 valence electrons. The molecule has 0 unspecified atom stereocenters. The molecule has 0 aliphatic rings. The molecule has 0 rings (SSSR count). The Morgan fingerprint density at radius 1 is 0.905 bits per heavy atom. The molecule has 0 amide bonds. The number of rotatable bonds is 12. The van der Waals surface area contributed by atoms with E-state index in [1.54, 1.807) is 0 Å². The second-order valence-electron chi connectivity index (χ2n) is 4.50. The zero-order valence-electron chi connectivity index (χ0n) is 13.8. The molecular weight excluding hydrogens is 480 g/mol. The van der Waals surface area contributed by atoms with Gasteiger partial charge in [-0.3, -0.25) is 0 Å². The molecule has 0 aliphatic heterocycles. The molecule has 0 N–H and O–H groups in total. The van der Waals surface area contributed by atoms with Crippen molar-refractivity contribution in [2.75, 3.05) is 13.2 Å². The van der Waals surface area contributed by atoms with Crippen LogP contribution in [-0.2, 0) is 46.1 Å². The SMILES string of the molecule is CC(=O)[O-].CCCCCCO[P+](=O)OCCCCCC.[Hg]. The fourth-order valence-corrected chi connectivity index (χ4v) is 2.00. The Kier molecular flexibility index (Phi) is 28.5. The molecule has 0 bridgehead atoms. The monoisotopic (exact) mass is 510 g/mol. The van der Waals surface area contributed by atoms with E-state index < -0.39 is 14.2 Å². The average Bonchev–Trinajstić information content (AvgIpc) is 2.37. The second-order valence-corrected chi connectivity index (χ2v) is 5.47. The number of aliphatic carboxylic acids is 1. The van der Waals surface area contributed by atoms with Crippen LogP contribution in [0.3, 0.4) is 0 Å². The first-order valence-electron chi connectivity index (χ1n) is 7.45. The number of unbranched alkanes of at least 4 members (excludes halogenated alkanes) is 6. The topological polar surface area (TPSA) is 75.7 Å². The summed E-state index contributed by atoms with van der Waals surface area (Å²) in [6.07, 6.45) is 9.12. The van der Waals surface area contributed by atoms with Gasteiger partial charge in [-0.25, -0.2) is 0 Å². The molecule has 0 atom stereocenters. The molecule has 0 saturated heterocycles. The van der Waals surface area contributed by atoms with Crippen molar-refractivity contribution in [3.05, 3.63) is 0 Å². The minimum atomic E-state index is -1.87.